The fraction of sp³-hybridized carbons (Fsp3) is 0.808. The lowest BCUT2D eigenvalue weighted by Gasteiger charge is -2.41. The molecule has 2 aliphatic heterocycles. The molecule has 37 heavy (non-hydrogen) atoms. The van der Waals surface area contributed by atoms with Gasteiger partial charge in [0.1, 0.15) is 42.7 Å². The summed E-state index contributed by atoms with van der Waals surface area (Å²) in [6.07, 6.45) is -7.47. The van der Waals surface area contributed by atoms with Gasteiger partial charge in [0, 0.05) is 6.42 Å². The predicted octanol–water partition coefficient (Wildman–Crippen LogP) is -0.836. The Labute approximate surface area is 216 Å². The van der Waals surface area contributed by atoms with Crippen LogP contribution in [0, 0.1) is 17.3 Å². The highest BCUT2D eigenvalue weighted by Crippen LogP contribution is 2.56. The van der Waals surface area contributed by atoms with E-state index >= 15 is 0 Å². The maximum atomic E-state index is 12.0. The van der Waals surface area contributed by atoms with E-state index in [0.717, 1.165) is 30.4 Å². The van der Waals surface area contributed by atoms with Crippen LogP contribution in [0.1, 0.15) is 39.5 Å². The Morgan fingerprint density at radius 1 is 1.05 bits per heavy atom. The van der Waals surface area contributed by atoms with Crippen LogP contribution < -0.4 is 0 Å². The molecular formula is C26H40O11. The summed E-state index contributed by atoms with van der Waals surface area (Å²) in [7, 11) is 0. The molecule has 0 aromatic rings. The van der Waals surface area contributed by atoms with E-state index in [1.165, 1.54) is 0 Å². The van der Waals surface area contributed by atoms with Crippen molar-refractivity contribution in [1.82, 2.24) is 0 Å². The quantitative estimate of drug-likeness (QED) is 0.227. The number of ether oxygens (including phenoxy) is 4. The average Bonchev–Trinajstić information content (AvgIpc) is 3.31. The molecule has 0 unspecified atom stereocenters. The van der Waals surface area contributed by atoms with E-state index in [9.17, 15) is 35.4 Å². The second kappa shape index (κ2) is 11.5. The fourth-order valence-electron chi connectivity index (χ4n) is 6.17. The highest BCUT2D eigenvalue weighted by atomic mass is 16.7. The summed E-state index contributed by atoms with van der Waals surface area (Å²) < 4.78 is 22.1. The molecule has 6 N–H and O–H groups in total. The molecule has 2 saturated heterocycles. The van der Waals surface area contributed by atoms with Crippen molar-refractivity contribution in [1.29, 1.82) is 0 Å². The number of hydrogen-bond acceptors (Lipinski definition) is 11. The number of rotatable bonds is 7. The third-order valence-corrected chi connectivity index (χ3v) is 8.72. The van der Waals surface area contributed by atoms with E-state index in [1.54, 1.807) is 6.08 Å². The average molecular weight is 529 g/mol. The summed E-state index contributed by atoms with van der Waals surface area (Å²) in [6, 6.07) is 0. The summed E-state index contributed by atoms with van der Waals surface area (Å²) >= 11 is 0. The molecule has 1 spiro atoms. The highest BCUT2D eigenvalue weighted by molar-refractivity contribution is 5.91. The highest BCUT2D eigenvalue weighted by Gasteiger charge is 2.48. The van der Waals surface area contributed by atoms with Crippen molar-refractivity contribution in [2.45, 2.75) is 94.8 Å². The second-order valence-corrected chi connectivity index (χ2v) is 11.1. The first-order valence-electron chi connectivity index (χ1n) is 12.9. The molecule has 2 aliphatic carbocycles. The lowest BCUT2D eigenvalue weighted by atomic mass is 9.64. The van der Waals surface area contributed by atoms with Crippen molar-refractivity contribution >= 4 is 5.78 Å². The Bertz CT molecular complexity index is 877. The van der Waals surface area contributed by atoms with Crippen LogP contribution >= 0.6 is 0 Å². The minimum Gasteiger partial charge on any atom is -0.388 e. The second-order valence-electron chi connectivity index (χ2n) is 11.1. The Morgan fingerprint density at radius 2 is 1.76 bits per heavy atom. The van der Waals surface area contributed by atoms with Crippen molar-refractivity contribution < 1.29 is 54.4 Å². The van der Waals surface area contributed by atoms with E-state index in [0.29, 0.717) is 6.42 Å². The molecule has 0 bridgehead atoms. The molecule has 1 saturated carbocycles. The van der Waals surface area contributed by atoms with Crippen molar-refractivity contribution in [3.63, 3.8) is 0 Å². The van der Waals surface area contributed by atoms with Gasteiger partial charge in [-0.2, -0.15) is 0 Å². The van der Waals surface area contributed by atoms with E-state index in [1.807, 2.05) is 6.92 Å². The van der Waals surface area contributed by atoms with Crippen molar-refractivity contribution in [3.8, 4) is 0 Å². The third kappa shape index (κ3) is 5.72. The first-order chi connectivity index (χ1) is 17.4. The molecule has 4 aliphatic rings. The first kappa shape index (κ1) is 28.8. The number of allylic oxidation sites excluding steroid dienone is 2. The number of carbonyl (C=O) groups is 1. The molecule has 4 rings (SSSR count). The maximum Gasteiger partial charge on any atom is 0.187 e. The van der Waals surface area contributed by atoms with E-state index in [-0.39, 0.29) is 42.9 Å². The van der Waals surface area contributed by atoms with Gasteiger partial charge in [-0.05, 0) is 55.1 Å². The standard InChI is InChI=1S/C26H40O11/c1-12(15-4-5-26(8-15)13(2)6-16(27)7-14(26)3)9-34-25-23(33)21(31)20(30)18(37-25)11-36-24-22(32)19(29)17(28)10-35-24/h6,14-15,17-25,28-33H,1,4-5,7-11H2,2-3H3/t14-,15-,17+,18-,19+,20-,21+,22-,23-,24+,25-,26-/m1/s1. The summed E-state index contributed by atoms with van der Waals surface area (Å²) in [5.74, 6) is 0.587. The Morgan fingerprint density at radius 3 is 2.46 bits per heavy atom. The molecule has 3 fully saturated rings. The van der Waals surface area contributed by atoms with Gasteiger partial charge < -0.3 is 49.6 Å². The van der Waals surface area contributed by atoms with Gasteiger partial charge in [-0.25, -0.2) is 0 Å². The van der Waals surface area contributed by atoms with Crippen LogP contribution in [0.15, 0.2) is 23.8 Å². The van der Waals surface area contributed by atoms with Crippen molar-refractivity contribution in [3.05, 3.63) is 23.8 Å². The monoisotopic (exact) mass is 528 g/mol. The zero-order valence-electron chi connectivity index (χ0n) is 21.3. The van der Waals surface area contributed by atoms with Crippen molar-refractivity contribution in [2.24, 2.45) is 17.3 Å². The number of aliphatic hydroxyl groups is 6. The summed E-state index contributed by atoms with van der Waals surface area (Å²) in [6.45, 7) is 7.81. The number of carbonyl (C=O) groups excluding carboxylic acids is 1. The summed E-state index contributed by atoms with van der Waals surface area (Å²) in [4.78, 5) is 12.0. The lowest BCUT2D eigenvalue weighted by Crippen LogP contribution is -2.60. The predicted molar refractivity (Wildman–Crippen MR) is 128 cm³/mol. The summed E-state index contributed by atoms with van der Waals surface area (Å²) in [5.41, 5.74) is 1.91. The number of hydrogen-bond donors (Lipinski definition) is 6. The number of ketones is 1. The first-order valence-corrected chi connectivity index (χ1v) is 12.9. The molecule has 11 heteroatoms. The smallest absolute Gasteiger partial charge is 0.187 e. The lowest BCUT2D eigenvalue weighted by molar-refractivity contribution is -0.319. The van der Waals surface area contributed by atoms with Gasteiger partial charge in [-0.3, -0.25) is 4.79 Å². The zero-order chi connectivity index (χ0) is 27.1. The summed E-state index contributed by atoms with van der Waals surface area (Å²) in [5, 5.41) is 60.5. The molecule has 12 atom stereocenters. The Hall–Kier alpha value is -1.25. The van der Waals surface area contributed by atoms with Gasteiger partial charge in [0.25, 0.3) is 0 Å². The van der Waals surface area contributed by atoms with Crippen LogP contribution in [0.25, 0.3) is 0 Å². The third-order valence-electron chi connectivity index (χ3n) is 8.72. The molecule has 210 valence electrons. The van der Waals surface area contributed by atoms with Gasteiger partial charge in [0.05, 0.1) is 19.8 Å². The molecule has 2 heterocycles. The van der Waals surface area contributed by atoms with Gasteiger partial charge in [0.2, 0.25) is 0 Å². The fourth-order valence-corrected chi connectivity index (χ4v) is 6.17. The van der Waals surface area contributed by atoms with Gasteiger partial charge in [0.15, 0.2) is 18.4 Å². The van der Waals surface area contributed by atoms with Crippen molar-refractivity contribution in [2.75, 3.05) is 19.8 Å². The minimum absolute atomic E-state index is 0.0273. The molecule has 0 aromatic heterocycles. The normalized spacial score (nSPS) is 46.8. The molecule has 0 radical (unpaired) electrons. The van der Waals surface area contributed by atoms with E-state index in [2.05, 4.69) is 13.5 Å². The van der Waals surface area contributed by atoms with Crippen LogP contribution in [0.2, 0.25) is 0 Å². The van der Waals surface area contributed by atoms with Crippen LogP contribution in [-0.4, -0.2) is 112 Å². The topological polar surface area (TPSA) is 175 Å². The molecule has 11 nitrogen and oxygen atoms in total. The molecule has 0 amide bonds. The Kier molecular flexibility index (Phi) is 8.91. The van der Waals surface area contributed by atoms with Crippen LogP contribution in [0.3, 0.4) is 0 Å². The Balaban J connectivity index is 1.31. The minimum atomic E-state index is -1.58. The van der Waals surface area contributed by atoms with Gasteiger partial charge in [-0.15, -0.1) is 0 Å². The van der Waals surface area contributed by atoms with E-state index in [4.69, 9.17) is 18.9 Å². The molecular weight excluding hydrogens is 488 g/mol. The molecule has 0 aromatic carbocycles. The largest absolute Gasteiger partial charge is 0.388 e. The van der Waals surface area contributed by atoms with Gasteiger partial charge >= 0.3 is 0 Å². The number of aliphatic hydroxyl groups excluding tert-OH is 6. The van der Waals surface area contributed by atoms with Crippen LogP contribution in [-0.2, 0) is 23.7 Å². The zero-order valence-corrected chi connectivity index (χ0v) is 21.3. The van der Waals surface area contributed by atoms with Gasteiger partial charge in [-0.1, -0.05) is 19.1 Å². The van der Waals surface area contributed by atoms with Crippen LogP contribution in [0.4, 0.5) is 0 Å². The maximum absolute atomic E-state index is 12.0. The van der Waals surface area contributed by atoms with E-state index < -0.39 is 55.3 Å². The van der Waals surface area contributed by atoms with Crippen LogP contribution in [0.5, 0.6) is 0 Å². The SMILES string of the molecule is C=C(CO[C@@H]1O[C@H](CO[C@@H]2OC[C@H](O)[C@H](O)[C@H]2O)[C@@H](O)[C@H](O)[C@H]1O)[C@@H]1CC[C@@]2(C1)C(C)=CC(=O)C[C@H]2C.